The van der Waals surface area contributed by atoms with Gasteiger partial charge in [0.15, 0.2) is 11.5 Å². The summed E-state index contributed by atoms with van der Waals surface area (Å²) in [4.78, 5) is 4.06. The molecule has 0 unspecified atom stereocenters. The number of nitrogens with two attached hydrogens (primary N) is 1. The summed E-state index contributed by atoms with van der Waals surface area (Å²) in [7, 11) is 0. The fourth-order valence-electron chi connectivity index (χ4n) is 1.74. The normalized spacial score (nSPS) is 16.6. The van der Waals surface area contributed by atoms with Gasteiger partial charge in [0.25, 0.3) is 0 Å². The van der Waals surface area contributed by atoms with Gasteiger partial charge >= 0.3 is 6.18 Å². The van der Waals surface area contributed by atoms with Crippen LogP contribution in [0.4, 0.5) is 18.9 Å². The van der Waals surface area contributed by atoms with Crippen LogP contribution in [0.25, 0.3) is 11.1 Å². The number of nitrogen functional groups attached to an aromatic ring is 1. The lowest BCUT2D eigenvalue weighted by molar-refractivity contribution is -0.137. The van der Waals surface area contributed by atoms with Gasteiger partial charge in [-0.05, 0) is 25.0 Å². The number of benzene rings is 1. The van der Waals surface area contributed by atoms with Gasteiger partial charge in [0.1, 0.15) is 5.52 Å². The first-order chi connectivity index (χ1) is 7.95. The zero-order valence-electron chi connectivity index (χ0n) is 8.71. The summed E-state index contributed by atoms with van der Waals surface area (Å²) in [5, 5.41) is 0. The van der Waals surface area contributed by atoms with Crippen LogP contribution in [0.3, 0.4) is 0 Å². The lowest BCUT2D eigenvalue weighted by atomic mass is 10.1. The number of hydrogen-bond donors (Lipinski definition) is 1. The Bertz CT molecular complexity index is 584. The predicted molar refractivity (Wildman–Crippen MR) is 55.4 cm³/mol. The Balaban J connectivity index is 2.18. The summed E-state index contributed by atoms with van der Waals surface area (Å²) in [5.74, 6) is 0.738. The maximum Gasteiger partial charge on any atom is 0.416 e. The molecule has 1 aromatic carbocycles. The average molecular weight is 242 g/mol. The van der Waals surface area contributed by atoms with E-state index in [-0.39, 0.29) is 22.7 Å². The van der Waals surface area contributed by atoms with Crippen LogP contribution in [0.2, 0.25) is 0 Å². The van der Waals surface area contributed by atoms with E-state index in [2.05, 4.69) is 4.98 Å². The Labute approximate surface area is 94.4 Å². The van der Waals surface area contributed by atoms with E-state index in [9.17, 15) is 13.2 Å². The second kappa shape index (κ2) is 3.15. The Hall–Kier alpha value is -1.72. The van der Waals surface area contributed by atoms with Crippen LogP contribution in [-0.2, 0) is 6.18 Å². The number of rotatable bonds is 1. The molecule has 0 bridgehead atoms. The molecule has 1 fully saturated rings. The highest BCUT2D eigenvalue weighted by Crippen LogP contribution is 2.42. The van der Waals surface area contributed by atoms with E-state index in [1.165, 1.54) is 0 Å². The van der Waals surface area contributed by atoms with Gasteiger partial charge in [-0.25, -0.2) is 4.98 Å². The topological polar surface area (TPSA) is 52.0 Å². The Kier molecular flexibility index (Phi) is 1.93. The van der Waals surface area contributed by atoms with Crippen molar-refractivity contribution in [3.05, 3.63) is 23.6 Å². The van der Waals surface area contributed by atoms with E-state index in [1.807, 2.05) is 0 Å². The van der Waals surface area contributed by atoms with Crippen LogP contribution in [0.1, 0.15) is 30.2 Å². The number of hydrogen-bond acceptors (Lipinski definition) is 3. The smallest absolute Gasteiger partial charge is 0.416 e. The third kappa shape index (κ3) is 1.73. The van der Waals surface area contributed by atoms with Crippen molar-refractivity contribution in [2.24, 2.45) is 0 Å². The van der Waals surface area contributed by atoms with Crippen LogP contribution in [-0.4, -0.2) is 4.98 Å². The fraction of sp³-hybridized carbons (Fsp3) is 0.364. The molecule has 3 nitrogen and oxygen atoms in total. The quantitative estimate of drug-likeness (QED) is 0.780. The van der Waals surface area contributed by atoms with Crippen LogP contribution >= 0.6 is 0 Å². The van der Waals surface area contributed by atoms with Crippen molar-refractivity contribution >= 4 is 16.8 Å². The van der Waals surface area contributed by atoms with E-state index in [1.54, 1.807) is 0 Å². The molecular formula is C11H9F3N2O. The molecule has 1 aliphatic rings. The van der Waals surface area contributed by atoms with Crippen molar-refractivity contribution < 1.29 is 17.6 Å². The monoisotopic (exact) mass is 242 g/mol. The molecule has 2 N–H and O–H groups in total. The molecule has 1 saturated carbocycles. The van der Waals surface area contributed by atoms with Gasteiger partial charge in [0, 0.05) is 5.92 Å². The maximum atomic E-state index is 12.6. The zero-order chi connectivity index (χ0) is 12.2. The van der Waals surface area contributed by atoms with Gasteiger partial charge < -0.3 is 10.2 Å². The Morgan fingerprint density at radius 1 is 1.29 bits per heavy atom. The molecule has 6 heteroatoms. The third-order valence-electron chi connectivity index (χ3n) is 2.79. The highest BCUT2D eigenvalue weighted by Gasteiger charge is 2.33. The summed E-state index contributed by atoms with van der Waals surface area (Å²) >= 11 is 0. The number of halogens is 3. The molecule has 1 heterocycles. The van der Waals surface area contributed by atoms with E-state index in [4.69, 9.17) is 10.2 Å². The molecule has 0 spiro atoms. The first-order valence-electron chi connectivity index (χ1n) is 5.22. The van der Waals surface area contributed by atoms with Crippen molar-refractivity contribution in [3.8, 4) is 0 Å². The van der Waals surface area contributed by atoms with Crippen LogP contribution in [0, 0.1) is 0 Å². The van der Waals surface area contributed by atoms with E-state index in [0.29, 0.717) is 5.89 Å². The number of aromatic nitrogens is 1. The van der Waals surface area contributed by atoms with Crippen molar-refractivity contribution in [3.63, 3.8) is 0 Å². The molecule has 2 aromatic rings. The minimum Gasteiger partial charge on any atom is -0.438 e. The summed E-state index contributed by atoms with van der Waals surface area (Å²) in [6.45, 7) is 0. The first kappa shape index (κ1) is 10.4. The third-order valence-corrected chi connectivity index (χ3v) is 2.79. The molecule has 0 amide bonds. The lowest BCUT2D eigenvalue weighted by Gasteiger charge is -2.06. The molecule has 3 rings (SSSR count). The second-order valence-electron chi connectivity index (χ2n) is 4.24. The largest absolute Gasteiger partial charge is 0.438 e. The molecule has 1 aromatic heterocycles. The Morgan fingerprint density at radius 2 is 2.00 bits per heavy atom. The molecule has 0 radical (unpaired) electrons. The number of fused-ring (bicyclic) bond motifs is 1. The van der Waals surface area contributed by atoms with E-state index < -0.39 is 11.7 Å². The van der Waals surface area contributed by atoms with E-state index in [0.717, 1.165) is 25.0 Å². The van der Waals surface area contributed by atoms with E-state index >= 15 is 0 Å². The molecule has 0 saturated heterocycles. The summed E-state index contributed by atoms with van der Waals surface area (Å²) in [5.41, 5.74) is 5.17. The molecule has 0 aliphatic heterocycles. The van der Waals surface area contributed by atoms with Gasteiger partial charge in [0.2, 0.25) is 0 Å². The molecule has 0 atom stereocenters. The zero-order valence-corrected chi connectivity index (χ0v) is 8.71. The van der Waals surface area contributed by atoms with Gasteiger partial charge in [0.05, 0.1) is 11.3 Å². The summed E-state index contributed by atoms with van der Waals surface area (Å²) in [6, 6.07) is 1.85. The molecule has 1 aliphatic carbocycles. The molecule has 17 heavy (non-hydrogen) atoms. The second-order valence-corrected chi connectivity index (χ2v) is 4.24. The van der Waals surface area contributed by atoms with Crippen molar-refractivity contribution in [1.29, 1.82) is 0 Å². The number of alkyl halides is 3. The van der Waals surface area contributed by atoms with Crippen LogP contribution < -0.4 is 5.73 Å². The standard InChI is InChI=1S/C11H9F3N2O/c12-11(13,14)6-3-7(15)9-8(4-6)16-10(17-9)5-1-2-5/h3-5H,1-2,15H2. The minimum absolute atomic E-state index is 0.0192. The first-order valence-corrected chi connectivity index (χ1v) is 5.22. The fourth-order valence-corrected chi connectivity index (χ4v) is 1.74. The summed E-state index contributed by atoms with van der Waals surface area (Å²) < 4.78 is 43.1. The molecular weight excluding hydrogens is 233 g/mol. The minimum atomic E-state index is -4.42. The van der Waals surface area contributed by atoms with Gasteiger partial charge in [-0.1, -0.05) is 0 Å². The van der Waals surface area contributed by atoms with Gasteiger partial charge in [-0.3, -0.25) is 0 Å². The Morgan fingerprint density at radius 3 is 2.59 bits per heavy atom. The van der Waals surface area contributed by atoms with Crippen molar-refractivity contribution in [1.82, 2.24) is 4.98 Å². The summed E-state index contributed by atoms with van der Waals surface area (Å²) in [6.07, 6.45) is -2.47. The highest BCUT2D eigenvalue weighted by atomic mass is 19.4. The number of anilines is 1. The SMILES string of the molecule is Nc1cc(C(F)(F)F)cc2nc(C3CC3)oc12. The average Bonchev–Trinajstić information content (AvgIpc) is 2.97. The molecule has 90 valence electrons. The number of nitrogens with zero attached hydrogens (tertiary/aromatic N) is 1. The van der Waals surface area contributed by atoms with Crippen LogP contribution in [0.5, 0.6) is 0 Å². The lowest BCUT2D eigenvalue weighted by Crippen LogP contribution is -2.05. The van der Waals surface area contributed by atoms with Crippen molar-refractivity contribution in [2.45, 2.75) is 24.9 Å². The maximum absolute atomic E-state index is 12.6. The number of oxazole rings is 1. The van der Waals surface area contributed by atoms with Gasteiger partial charge in [-0.2, -0.15) is 13.2 Å². The predicted octanol–water partition coefficient (Wildman–Crippen LogP) is 3.31. The van der Waals surface area contributed by atoms with Crippen molar-refractivity contribution in [2.75, 3.05) is 5.73 Å². The van der Waals surface area contributed by atoms with Gasteiger partial charge in [-0.15, -0.1) is 0 Å². The highest BCUT2D eigenvalue weighted by molar-refractivity contribution is 5.86. The van der Waals surface area contributed by atoms with Crippen LogP contribution in [0.15, 0.2) is 16.5 Å².